The number of halogens is 2. The molecular formula is C10H11BrClNO2. The van der Waals surface area contributed by atoms with Crippen LogP contribution in [-0.4, -0.2) is 24.9 Å². The van der Waals surface area contributed by atoms with E-state index in [1.165, 1.54) is 0 Å². The summed E-state index contributed by atoms with van der Waals surface area (Å²) in [5, 5.41) is 13.5. The molecule has 1 heterocycles. The fraction of sp³-hybridized carbons (Fsp3) is 0.400. The SMILES string of the molecule is Oc1c(Cl)ccc(Br)c1[C@H]1COCCN1. The topological polar surface area (TPSA) is 41.5 Å². The number of phenolic OH excluding ortho intramolecular Hbond substituents is 1. The molecule has 0 amide bonds. The van der Waals surface area contributed by atoms with Gasteiger partial charge in [-0.2, -0.15) is 0 Å². The van der Waals surface area contributed by atoms with Crippen molar-refractivity contribution in [3.05, 3.63) is 27.2 Å². The molecule has 0 aromatic heterocycles. The fourth-order valence-corrected chi connectivity index (χ4v) is 2.40. The van der Waals surface area contributed by atoms with Gasteiger partial charge in [-0.15, -0.1) is 0 Å². The van der Waals surface area contributed by atoms with Gasteiger partial charge in [0.05, 0.1) is 24.3 Å². The summed E-state index contributed by atoms with van der Waals surface area (Å²) in [6, 6.07) is 3.48. The summed E-state index contributed by atoms with van der Waals surface area (Å²) in [6.07, 6.45) is 0. The third-order valence-corrected chi connectivity index (χ3v) is 3.38. The van der Waals surface area contributed by atoms with E-state index in [-0.39, 0.29) is 11.8 Å². The minimum Gasteiger partial charge on any atom is -0.506 e. The first-order chi connectivity index (χ1) is 7.20. The quantitative estimate of drug-likeness (QED) is 0.835. The van der Waals surface area contributed by atoms with Crippen LogP contribution in [0.25, 0.3) is 0 Å². The number of rotatable bonds is 1. The van der Waals surface area contributed by atoms with Crippen molar-refractivity contribution in [2.75, 3.05) is 19.8 Å². The summed E-state index contributed by atoms with van der Waals surface area (Å²) < 4.78 is 6.19. The highest BCUT2D eigenvalue weighted by Gasteiger charge is 2.22. The first kappa shape index (κ1) is 11.2. The maximum Gasteiger partial charge on any atom is 0.140 e. The zero-order valence-corrected chi connectivity index (χ0v) is 10.3. The molecule has 5 heteroatoms. The number of hydrogen-bond acceptors (Lipinski definition) is 3. The molecule has 3 nitrogen and oxygen atoms in total. The van der Waals surface area contributed by atoms with Gasteiger partial charge < -0.3 is 15.2 Å². The Morgan fingerprint density at radius 2 is 2.33 bits per heavy atom. The molecule has 0 unspecified atom stereocenters. The van der Waals surface area contributed by atoms with Gasteiger partial charge in [0, 0.05) is 16.6 Å². The lowest BCUT2D eigenvalue weighted by Crippen LogP contribution is -2.34. The van der Waals surface area contributed by atoms with Crippen LogP contribution in [0.5, 0.6) is 5.75 Å². The normalized spacial score (nSPS) is 21.6. The van der Waals surface area contributed by atoms with E-state index >= 15 is 0 Å². The molecule has 82 valence electrons. The van der Waals surface area contributed by atoms with Gasteiger partial charge in [-0.3, -0.25) is 0 Å². The van der Waals surface area contributed by atoms with Gasteiger partial charge in [0.25, 0.3) is 0 Å². The Hall–Kier alpha value is -0.290. The van der Waals surface area contributed by atoms with Gasteiger partial charge in [0.2, 0.25) is 0 Å². The second kappa shape index (κ2) is 4.70. The summed E-state index contributed by atoms with van der Waals surface area (Å²) in [6.45, 7) is 2.03. The maximum absolute atomic E-state index is 9.87. The Morgan fingerprint density at radius 1 is 1.53 bits per heavy atom. The van der Waals surface area contributed by atoms with Crippen LogP contribution in [0.3, 0.4) is 0 Å². The maximum atomic E-state index is 9.87. The molecule has 15 heavy (non-hydrogen) atoms. The number of phenols is 1. The largest absolute Gasteiger partial charge is 0.506 e. The van der Waals surface area contributed by atoms with Crippen molar-refractivity contribution >= 4 is 27.5 Å². The average Bonchev–Trinajstić information content (AvgIpc) is 2.26. The second-order valence-corrected chi connectivity index (χ2v) is 4.63. The molecule has 2 rings (SSSR count). The minimum absolute atomic E-state index is 0.00757. The minimum atomic E-state index is -0.00757. The first-order valence-electron chi connectivity index (χ1n) is 4.68. The molecule has 1 saturated heterocycles. The van der Waals surface area contributed by atoms with E-state index in [9.17, 15) is 5.11 Å². The van der Waals surface area contributed by atoms with Crippen molar-refractivity contribution in [2.24, 2.45) is 0 Å². The van der Waals surface area contributed by atoms with Crippen LogP contribution in [0.4, 0.5) is 0 Å². The third kappa shape index (κ3) is 2.28. The summed E-state index contributed by atoms with van der Waals surface area (Å²) in [4.78, 5) is 0. The van der Waals surface area contributed by atoms with Crippen LogP contribution in [0, 0.1) is 0 Å². The predicted octanol–water partition coefficient (Wildman–Crippen LogP) is 2.47. The van der Waals surface area contributed by atoms with Crippen LogP contribution >= 0.6 is 27.5 Å². The first-order valence-corrected chi connectivity index (χ1v) is 5.85. The van der Waals surface area contributed by atoms with E-state index in [1.807, 2.05) is 6.07 Å². The van der Waals surface area contributed by atoms with Crippen molar-refractivity contribution in [1.82, 2.24) is 5.32 Å². The van der Waals surface area contributed by atoms with E-state index in [4.69, 9.17) is 16.3 Å². The number of morpholine rings is 1. The standard InChI is InChI=1S/C10H11BrClNO2/c11-6-1-2-7(12)10(14)9(6)8-5-15-4-3-13-8/h1-2,8,13-14H,3-5H2/t8-/m1/s1. The van der Waals surface area contributed by atoms with Crippen molar-refractivity contribution in [1.29, 1.82) is 0 Å². The monoisotopic (exact) mass is 291 g/mol. The van der Waals surface area contributed by atoms with Crippen molar-refractivity contribution in [2.45, 2.75) is 6.04 Å². The van der Waals surface area contributed by atoms with Gasteiger partial charge in [0.1, 0.15) is 5.75 Å². The van der Waals surface area contributed by atoms with E-state index < -0.39 is 0 Å². The number of hydrogen-bond donors (Lipinski definition) is 2. The van der Waals surface area contributed by atoms with Crippen LogP contribution in [-0.2, 0) is 4.74 Å². The molecule has 1 aliphatic rings. The van der Waals surface area contributed by atoms with E-state index in [1.54, 1.807) is 6.07 Å². The second-order valence-electron chi connectivity index (χ2n) is 3.37. The molecule has 1 aromatic carbocycles. The molecule has 1 atom stereocenters. The smallest absolute Gasteiger partial charge is 0.140 e. The molecule has 2 N–H and O–H groups in total. The fourth-order valence-electron chi connectivity index (χ4n) is 1.64. The Morgan fingerprint density at radius 3 is 3.00 bits per heavy atom. The van der Waals surface area contributed by atoms with Crippen LogP contribution in [0.15, 0.2) is 16.6 Å². The lowest BCUT2D eigenvalue weighted by Gasteiger charge is -2.25. The Kier molecular flexibility index (Phi) is 3.51. The number of benzene rings is 1. The number of nitrogens with one attached hydrogen (secondary N) is 1. The van der Waals surface area contributed by atoms with E-state index in [2.05, 4.69) is 21.2 Å². The van der Waals surface area contributed by atoms with Gasteiger partial charge in [-0.05, 0) is 12.1 Å². The highest BCUT2D eigenvalue weighted by molar-refractivity contribution is 9.10. The Labute approximate surface area is 102 Å². The molecule has 1 fully saturated rings. The highest BCUT2D eigenvalue weighted by Crippen LogP contribution is 2.37. The lowest BCUT2D eigenvalue weighted by molar-refractivity contribution is 0.0759. The van der Waals surface area contributed by atoms with E-state index in [0.29, 0.717) is 18.2 Å². The molecule has 0 aliphatic carbocycles. The van der Waals surface area contributed by atoms with Gasteiger partial charge in [-0.1, -0.05) is 27.5 Å². The molecule has 0 bridgehead atoms. The highest BCUT2D eigenvalue weighted by atomic mass is 79.9. The zero-order valence-electron chi connectivity index (χ0n) is 7.96. The average molecular weight is 293 g/mol. The van der Waals surface area contributed by atoms with Crippen LogP contribution in [0.1, 0.15) is 11.6 Å². The lowest BCUT2D eigenvalue weighted by atomic mass is 10.1. The summed E-state index contributed by atoms with van der Waals surface area (Å²) in [5.41, 5.74) is 0.766. The van der Waals surface area contributed by atoms with Crippen molar-refractivity contribution in [3.8, 4) is 5.75 Å². The summed E-state index contributed by atoms with van der Waals surface area (Å²) >= 11 is 9.27. The third-order valence-electron chi connectivity index (χ3n) is 2.38. The predicted molar refractivity (Wildman–Crippen MR) is 62.4 cm³/mol. The van der Waals surface area contributed by atoms with Crippen molar-refractivity contribution < 1.29 is 9.84 Å². The molecule has 1 aromatic rings. The summed E-state index contributed by atoms with van der Waals surface area (Å²) in [7, 11) is 0. The molecular weight excluding hydrogens is 281 g/mol. The van der Waals surface area contributed by atoms with Crippen LogP contribution in [0.2, 0.25) is 5.02 Å². The summed E-state index contributed by atoms with van der Waals surface area (Å²) in [5.74, 6) is 0.119. The molecule has 0 spiro atoms. The van der Waals surface area contributed by atoms with Gasteiger partial charge in [0.15, 0.2) is 0 Å². The van der Waals surface area contributed by atoms with Crippen molar-refractivity contribution in [3.63, 3.8) is 0 Å². The van der Waals surface area contributed by atoms with Gasteiger partial charge in [-0.25, -0.2) is 0 Å². The van der Waals surface area contributed by atoms with E-state index in [0.717, 1.165) is 16.6 Å². The Balaban J connectivity index is 2.36. The number of ether oxygens (including phenoxy) is 1. The van der Waals surface area contributed by atoms with Crippen LogP contribution < -0.4 is 5.32 Å². The zero-order chi connectivity index (χ0) is 10.8. The molecule has 1 aliphatic heterocycles. The Bertz CT molecular complexity index is 367. The number of aromatic hydroxyl groups is 1. The molecule has 0 radical (unpaired) electrons. The molecule has 0 saturated carbocycles. The van der Waals surface area contributed by atoms with Gasteiger partial charge >= 0.3 is 0 Å².